The molecule has 15 atom stereocenters. The molecular weight excluding hydrogens is 564 g/mol. The summed E-state index contributed by atoms with van der Waals surface area (Å²) in [6.07, 6.45) is 3.69. The molecule has 0 aromatic heterocycles. The molecule has 2 saturated heterocycles. The van der Waals surface area contributed by atoms with E-state index in [1.165, 1.54) is 6.42 Å². The zero-order chi connectivity index (χ0) is 31.9. The molecule has 9 heteroatoms. The van der Waals surface area contributed by atoms with Gasteiger partial charge < -0.3 is 44.8 Å². The Hall–Kier alpha value is -0.360. The maximum atomic E-state index is 11.9. The average Bonchev–Trinajstić information content (AvgIpc) is 3.30. The highest BCUT2D eigenvalue weighted by atomic mass is 16.7. The monoisotopic (exact) mass is 622 g/mol. The van der Waals surface area contributed by atoms with E-state index in [-0.39, 0.29) is 53.0 Å². The summed E-state index contributed by atoms with van der Waals surface area (Å²) in [4.78, 5) is 0. The third-order valence-electron chi connectivity index (χ3n) is 15.5. The number of aliphatic hydroxyl groups excluding tert-OH is 5. The van der Waals surface area contributed by atoms with Crippen LogP contribution >= 0.6 is 0 Å². The van der Waals surface area contributed by atoms with E-state index in [2.05, 4.69) is 27.7 Å². The SMILES string of the molecule is CC(C)(O)[C@H]1CC[C@@](C)([C@@H]2[C@@H](O)C[C@@]3(C)[C@@H]4CC[C@@H]5C(C)(C)[C@H](O[C@@H]6OC[C@H](O)[C@H](O)[C@@H]6O)CC[C@@]56C[C@@]46CC[C@]23CO)O1. The van der Waals surface area contributed by atoms with Gasteiger partial charge >= 0.3 is 0 Å². The molecule has 6 N–H and O–H groups in total. The van der Waals surface area contributed by atoms with E-state index < -0.39 is 47.3 Å². The average molecular weight is 623 g/mol. The number of fused-ring (bicyclic) bond motifs is 2. The van der Waals surface area contributed by atoms with Crippen LogP contribution in [0.5, 0.6) is 0 Å². The molecule has 0 radical (unpaired) electrons. The van der Waals surface area contributed by atoms with Gasteiger partial charge in [0, 0.05) is 17.9 Å². The molecule has 2 heterocycles. The van der Waals surface area contributed by atoms with E-state index in [0.717, 1.165) is 51.4 Å². The van der Waals surface area contributed by atoms with Gasteiger partial charge in [0.15, 0.2) is 6.29 Å². The minimum atomic E-state index is -1.29. The molecule has 2 aliphatic heterocycles. The summed E-state index contributed by atoms with van der Waals surface area (Å²) in [7, 11) is 0. The van der Waals surface area contributed by atoms with Gasteiger partial charge in [-0.25, -0.2) is 0 Å². The maximum absolute atomic E-state index is 11.9. The van der Waals surface area contributed by atoms with Crippen LogP contribution in [-0.2, 0) is 14.2 Å². The lowest BCUT2D eigenvalue weighted by atomic mass is 9.41. The summed E-state index contributed by atoms with van der Waals surface area (Å²) >= 11 is 0. The van der Waals surface area contributed by atoms with Crippen LogP contribution in [0, 0.1) is 44.8 Å². The molecule has 0 bridgehead atoms. The molecule has 0 unspecified atom stereocenters. The zero-order valence-corrected chi connectivity index (χ0v) is 27.7. The van der Waals surface area contributed by atoms with Crippen LogP contribution in [0.3, 0.4) is 0 Å². The molecule has 0 aromatic rings. The number of hydrogen-bond acceptors (Lipinski definition) is 9. The van der Waals surface area contributed by atoms with Crippen molar-refractivity contribution >= 4 is 0 Å². The van der Waals surface area contributed by atoms with Gasteiger partial charge in [0.25, 0.3) is 0 Å². The molecule has 0 aromatic carbocycles. The van der Waals surface area contributed by atoms with Gasteiger partial charge in [-0.3, -0.25) is 0 Å². The van der Waals surface area contributed by atoms with E-state index in [4.69, 9.17) is 14.2 Å². The number of ether oxygens (including phenoxy) is 3. The molecule has 7 rings (SSSR count). The maximum Gasteiger partial charge on any atom is 0.186 e. The highest BCUT2D eigenvalue weighted by Gasteiger charge is 2.84. The Kier molecular flexibility index (Phi) is 7.21. The van der Waals surface area contributed by atoms with Crippen molar-refractivity contribution in [3.63, 3.8) is 0 Å². The van der Waals surface area contributed by atoms with Crippen LogP contribution in [0.15, 0.2) is 0 Å². The Morgan fingerprint density at radius 3 is 2.16 bits per heavy atom. The lowest BCUT2D eigenvalue weighted by Gasteiger charge is -2.64. The highest BCUT2D eigenvalue weighted by molar-refractivity contribution is 5.32. The van der Waals surface area contributed by atoms with Crippen molar-refractivity contribution in [1.82, 2.24) is 0 Å². The van der Waals surface area contributed by atoms with Crippen LogP contribution in [0.1, 0.15) is 106 Å². The van der Waals surface area contributed by atoms with Crippen LogP contribution < -0.4 is 0 Å². The minimum absolute atomic E-state index is 0.0477. The van der Waals surface area contributed by atoms with Gasteiger partial charge in [-0.2, -0.15) is 0 Å². The summed E-state index contributed by atoms with van der Waals surface area (Å²) in [6, 6.07) is 0. The number of rotatable bonds is 5. The van der Waals surface area contributed by atoms with Gasteiger partial charge in [-0.05, 0) is 118 Å². The molecule has 0 amide bonds. The lowest BCUT2D eigenvalue weighted by Crippen LogP contribution is -2.62. The fraction of sp³-hybridized carbons (Fsp3) is 1.00. The van der Waals surface area contributed by atoms with E-state index in [0.29, 0.717) is 18.3 Å². The normalized spacial score (nSPS) is 58.1. The smallest absolute Gasteiger partial charge is 0.186 e. The topological polar surface area (TPSA) is 149 Å². The van der Waals surface area contributed by atoms with Crippen LogP contribution in [0.25, 0.3) is 0 Å². The second kappa shape index (κ2) is 9.85. The summed E-state index contributed by atoms with van der Waals surface area (Å²) in [5.74, 6) is 0.672. The van der Waals surface area contributed by atoms with Crippen molar-refractivity contribution < 1.29 is 44.8 Å². The van der Waals surface area contributed by atoms with Crippen molar-refractivity contribution in [2.75, 3.05) is 13.2 Å². The third kappa shape index (κ3) is 3.97. The largest absolute Gasteiger partial charge is 0.396 e. The van der Waals surface area contributed by atoms with Crippen LogP contribution in [0.2, 0.25) is 0 Å². The predicted molar refractivity (Wildman–Crippen MR) is 161 cm³/mol. The highest BCUT2D eigenvalue weighted by Crippen LogP contribution is 2.89. The number of hydrogen-bond donors (Lipinski definition) is 6. The minimum Gasteiger partial charge on any atom is -0.396 e. The van der Waals surface area contributed by atoms with Crippen LogP contribution in [0.4, 0.5) is 0 Å². The van der Waals surface area contributed by atoms with E-state index >= 15 is 0 Å². The molecule has 252 valence electrons. The quantitative estimate of drug-likeness (QED) is 0.255. The zero-order valence-electron chi connectivity index (χ0n) is 27.7. The van der Waals surface area contributed by atoms with E-state index in [9.17, 15) is 30.6 Å². The standard InChI is InChI=1S/C35H58O9/c1-29(2)21-7-8-22-31(5)15-19(37)27(32(6)11-9-24(44-32)30(3,4)41)35(31,18-36)14-13-34(22)17-33(21,34)12-10-23(29)43-28-26(40)25(39)20(38)16-42-28/h19-28,36-41H,7-18H2,1-6H3/t19-,20-,21+,22-,23+,24+,25-,26-,27-,28-,31-,32-,33+,34-,35-/m0/s1. The van der Waals surface area contributed by atoms with Crippen molar-refractivity contribution in [1.29, 1.82) is 0 Å². The predicted octanol–water partition coefficient (Wildman–Crippen LogP) is 2.90. The molecule has 7 fully saturated rings. The molecule has 5 aliphatic carbocycles. The van der Waals surface area contributed by atoms with E-state index in [1.54, 1.807) is 13.8 Å². The fourth-order valence-corrected chi connectivity index (χ4v) is 13.5. The molecule has 9 nitrogen and oxygen atoms in total. The number of aliphatic hydroxyl groups is 6. The van der Waals surface area contributed by atoms with Gasteiger partial charge in [-0.15, -0.1) is 0 Å². The Labute approximate surface area is 262 Å². The fourth-order valence-electron chi connectivity index (χ4n) is 13.5. The van der Waals surface area contributed by atoms with Gasteiger partial charge in [-0.1, -0.05) is 20.8 Å². The van der Waals surface area contributed by atoms with Crippen molar-refractivity contribution in [3.05, 3.63) is 0 Å². The van der Waals surface area contributed by atoms with Gasteiger partial charge in [0.1, 0.15) is 18.3 Å². The summed E-state index contributed by atoms with van der Waals surface area (Å²) in [5.41, 5.74) is -1.98. The van der Waals surface area contributed by atoms with Crippen molar-refractivity contribution in [2.24, 2.45) is 44.8 Å². The second-order valence-corrected chi connectivity index (χ2v) is 18.0. The Balaban J connectivity index is 1.15. The Bertz CT molecular complexity index is 1140. The molecular formula is C35H58O9. The first-order valence-corrected chi connectivity index (χ1v) is 17.4. The van der Waals surface area contributed by atoms with E-state index in [1.807, 2.05) is 0 Å². The van der Waals surface area contributed by atoms with Crippen molar-refractivity contribution in [3.8, 4) is 0 Å². The van der Waals surface area contributed by atoms with Crippen molar-refractivity contribution in [2.45, 2.75) is 160 Å². The van der Waals surface area contributed by atoms with Crippen LogP contribution in [-0.4, -0.2) is 98.0 Å². The first-order valence-electron chi connectivity index (χ1n) is 17.4. The van der Waals surface area contributed by atoms with Gasteiger partial charge in [0.2, 0.25) is 0 Å². The molecule has 44 heavy (non-hydrogen) atoms. The summed E-state index contributed by atoms with van der Waals surface area (Å²) in [6.45, 7) is 12.7. The summed E-state index contributed by atoms with van der Waals surface area (Å²) in [5, 5.41) is 64.8. The molecule has 2 spiro atoms. The lowest BCUT2D eigenvalue weighted by molar-refractivity contribution is -0.303. The molecule has 7 aliphatic rings. The third-order valence-corrected chi connectivity index (χ3v) is 15.5. The first-order chi connectivity index (χ1) is 20.4. The first kappa shape index (κ1) is 32.2. The summed E-state index contributed by atoms with van der Waals surface area (Å²) < 4.78 is 18.8. The van der Waals surface area contributed by atoms with Gasteiger partial charge in [0.05, 0.1) is 36.1 Å². The Morgan fingerprint density at radius 2 is 1.50 bits per heavy atom. The molecule has 5 saturated carbocycles. The Morgan fingerprint density at radius 1 is 0.818 bits per heavy atom. The second-order valence-electron chi connectivity index (χ2n) is 18.0.